The van der Waals surface area contributed by atoms with Crippen molar-refractivity contribution >= 4 is 0 Å². The van der Waals surface area contributed by atoms with Gasteiger partial charge in [-0.25, -0.2) is 0 Å². The van der Waals surface area contributed by atoms with Crippen molar-refractivity contribution in [1.82, 2.24) is 4.90 Å². The predicted octanol–water partition coefficient (Wildman–Crippen LogP) is 1.21. The molecule has 0 radical (unpaired) electrons. The van der Waals surface area contributed by atoms with E-state index in [0.29, 0.717) is 36.4 Å². The zero-order chi connectivity index (χ0) is 13.7. The van der Waals surface area contributed by atoms with Crippen LogP contribution in [0.4, 0.5) is 0 Å². The zero-order valence-corrected chi connectivity index (χ0v) is 10.4. The standard InChI is InChI=1S/C13H14N4O/c1-9(11(5-14)6-15)13(7-16)10(2)17-4-3-12(18)8-17/h12,18H,3-4,8H2,1-2H3/b13-10+. The molecule has 1 atom stereocenters. The molecule has 1 aliphatic rings. The Morgan fingerprint density at radius 3 is 2.17 bits per heavy atom. The van der Waals surface area contributed by atoms with Crippen LogP contribution in [0.1, 0.15) is 20.3 Å². The van der Waals surface area contributed by atoms with Crippen molar-refractivity contribution < 1.29 is 5.11 Å². The van der Waals surface area contributed by atoms with Crippen molar-refractivity contribution in [1.29, 1.82) is 15.8 Å². The van der Waals surface area contributed by atoms with Crippen molar-refractivity contribution in [2.24, 2.45) is 0 Å². The number of allylic oxidation sites excluding steroid dienone is 4. The van der Waals surface area contributed by atoms with Gasteiger partial charge in [0.2, 0.25) is 0 Å². The van der Waals surface area contributed by atoms with Crippen molar-refractivity contribution in [2.75, 3.05) is 13.1 Å². The number of rotatable bonds is 2. The first-order valence-electron chi connectivity index (χ1n) is 5.60. The van der Waals surface area contributed by atoms with Crippen LogP contribution in [0.15, 0.2) is 22.4 Å². The third-order valence-electron chi connectivity index (χ3n) is 3.08. The second kappa shape index (κ2) is 5.87. The van der Waals surface area contributed by atoms with Gasteiger partial charge in [0.05, 0.1) is 11.7 Å². The first kappa shape index (κ1) is 13.8. The molecule has 1 fully saturated rings. The van der Waals surface area contributed by atoms with Gasteiger partial charge in [-0.1, -0.05) is 0 Å². The van der Waals surface area contributed by atoms with Crippen molar-refractivity contribution in [2.45, 2.75) is 26.4 Å². The number of aliphatic hydroxyl groups excluding tert-OH is 1. The highest BCUT2D eigenvalue weighted by atomic mass is 16.3. The molecule has 0 aromatic heterocycles. The number of nitrogens with zero attached hydrogens (tertiary/aromatic N) is 4. The lowest BCUT2D eigenvalue weighted by molar-refractivity contribution is 0.183. The fourth-order valence-corrected chi connectivity index (χ4v) is 1.96. The van der Waals surface area contributed by atoms with Crippen molar-refractivity contribution in [3.8, 4) is 18.2 Å². The third kappa shape index (κ3) is 2.69. The SMILES string of the molecule is CC(=C(C#N)C#N)/C(C#N)=C(\C)N1CCC(O)C1. The first-order chi connectivity index (χ1) is 8.54. The Morgan fingerprint density at radius 1 is 1.17 bits per heavy atom. The van der Waals surface area contributed by atoms with Gasteiger partial charge in [0, 0.05) is 18.8 Å². The van der Waals surface area contributed by atoms with E-state index >= 15 is 0 Å². The van der Waals surface area contributed by atoms with E-state index < -0.39 is 0 Å². The maximum Gasteiger partial charge on any atom is 0.133 e. The lowest BCUT2D eigenvalue weighted by Gasteiger charge is -2.20. The second-order valence-corrected chi connectivity index (χ2v) is 4.18. The Kier molecular flexibility index (Phi) is 4.49. The maximum atomic E-state index is 9.48. The topological polar surface area (TPSA) is 94.8 Å². The van der Waals surface area contributed by atoms with E-state index in [2.05, 4.69) is 0 Å². The van der Waals surface area contributed by atoms with Crippen LogP contribution < -0.4 is 0 Å². The Labute approximate surface area is 106 Å². The number of hydrogen-bond acceptors (Lipinski definition) is 5. The van der Waals surface area contributed by atoms with Crippen LogP contribution in [0.2, 0.25) is 0 Å². The largest absolute Gasteiger partial charge is 0.391 e. The molecule has 1 heterocycles. The summed E-state index contributed by atoms with van der Waals surface area (Å²) in [5.41, 5.74) is 1.38. The van der Waals surface area contributed by atoms with Crippen LogP contribution in [0.3, 0.4) is 0 Å². The molecule has 0 aromatic rings. The first-order valence-corrected chi connectivity index (χ1v) is 5.60. The van der Waals surface area contributed by atoms with Crippen LogP contribution >= 0.6 is 0 Å². The average molecular weight is 242 g/mol. The van der Waals surface area contributed by atoms with Crippen LogP contribution in [0, 0.1) is 34.0 Å². The van der Waals surface area contributed by atoms with Gasteiger partial charge in [0.25, 0.3) is 0 Å². The monoisotopic (exact) mass is 242 g/mol. The van der Waals surface area contributed by atoms with E-state index in [1.165, 1.54) is 0 Å². The third-order valence-corrected chi connectivity index (χ3v) is 3.08. The molecular weight excluding hydrogens is 228 g/mol. The molecule has 0 spiro atoms. The molecule has 1 rings (SSSR count). The van der Waals surface area contributed by atoms with Crippen molar-refractivity contribution in [3.05, 3.63) is 22.4 Å². The lowest BCUT2D eigenvalue weighted by atomic mass is 10.0. The fourth-order valence-electron chi connectivity index (χ4n) is 1.96. The van der Waals surface area contributed by atoms with E-state index in [4.69, 9.17) is 10.5 Å². The molecule has 1 N–H and O–H groups in total. The van der Waals surface area contributed by atoms with E-state index in [1.54, 1.807) is 26.0 Å². The van der Waals surface area contributed by atoms with Crippen LogP contribution in [-0.2, 0) is 0 Å². The number of hydrogen-bond donors (Lipinski definition) is 1. The summed E-state index contributed by atoms with van der Waals surface area (Å²) in [5.74, 6) is 0. The molecule has 92 valence electrons. The summed E-state index contributed by atoms with van der Waals surface area (Å²) >= 11 is 0. The maximum absolute atomic E-state index is 9.48. The molecular formula is C13H14N4O. The minimum absolute atomic E-state index is 0.0503. The summed E-state index contributed by atoms with van der Waals surface area (Å²) in [4.78, 5) is 1.90. The molecule has 0 saturated carbocycles. The van der Waals surface area contributed by atoms with Gasteiger partial charge in [-0.3, -0.25) is 0 Å². The molecule has 5 heteroatoms. The summed E-state index contributed by atoms with van der Waals surface area (Å²) < 4.78 is 0. The van der Waals surface area contributed by atoms with E-state index in [1.807, 2.05) is 11.0 Å². The Bertz CT molecular complexity index is 509. The Hall–Kier alpha value is -2.29. The molecule has 1 aliphatic heterocycles. The molecule has 5 nitrogen and oxygen atoms in total. The minimum Gasteiger partial charge on any atom is -0.391 e. The molecule has 0 aliphatic carbocycles. The summed E-state index contributed by atoms with van der Waals surface area (Å²) in [6, 6.07) is 5.61. The van der Waals surface area contributed by atoms with Gasteiger partial charge in [-0.15, -0.1) is 0 Å². The number of nitriles is 3. The number of likely N-dealkylation sites (tertiary alicyclic amines) is 1. The lowest BCUT2D eigenvalue weighted by Crippen LogP contribution is -2.21. The van der Waals surface area contributed by atoms with Gasteiger partial charge in [0.15, 0.2) is 0 Å². The highest BCUT2D eigenvalue weighted by Gasteiger charge is 2.23. The van der Waals surface area contributed by atoms with E-state index in [9.17, 15) is 10.4 Å². The highest BCUT2D eigenvalue weighted by Crippen LogP contribution is 2.23. The number of β-amino-alcohol motifs (C(OH)–C–C–N with tert-alkyl or cyclic N) is 1. The Balaban J connectivity index is 3.19. The smallest absolute Gasteiger partial charge is 0.133 e. The van der Waals surface area contributed by atoms with E-state index in [0.717, 1.165) is 0 Å². The quantitative estimate of drug-likeness (QED) is 0.580. The molecule has 1 saturated heterocycles. The predicted molar refractivity (Wildman–Crippen MR) is 64.4 cm³/mol. The molecule has 0 bridgehead atoms. The summed E-state index contributed by atoms with van der Waals surface area (Å²) in [6.45, 7) is 4.53. The van der Waals surface area contributed by atoms with Crippen LogP contribution in [0.25, 0.3) is 0 Å². The van der Waals surface area contributed by atoms with Gasteiger partial charge < -0.3 is 10.0 Å². The average Bonchev–Trinajstić information content (AvgIpc) is 2.78. The van der Waals surface area contributed by atoms with Gasteiger partial charge in [0.1, 0.15) is 23.8 Å². The number of aliphatic hydroxyl groups is 1. The minimum atomic E-state index is -0.379. The zero-order valence-electron chi connectivity index (χ0n) is 10.4. The van der Waals surface area contributed by atoms with Gasteiger partial charge in [-0.2, -0.15) is 15.8 Å². The summed E-state index contributed by atoms with van der Waals surface area (Å²) in [5, 5.41) is 36.3. The highest BCUT2D eigenvalue weighted by molar-refractivity contribution is 5.54. The van der Waals surface area contributed by atoms with Crippen molar-refractivity contribution in [3.63, 3.8) is 0 Å². The summed E-state index contributed by atoms with van der Waals surface area (Å²) in [7, 11) is 0. The molecule has 18 heavy (non-hydrogen) atoms. The molecule has 1 unspecified atom stereocenters. The normalized spacial score (nSPS) is 19.3. The molecule has 0 aromatic carbocycles. The second-order valence-electron chi connectivity index (χ2n) is 4.18. The van der Waals surface area contributed by atoms with Gasteiger partial charge in [-0.05, 0) is 25.8 Å². The van der Waals surface area contributed by atoms with Gasteiger partial charge >= 0.3 is 0 Å². The molecule has 0 amide bonds. The summed E-state index contributed by atoms with van der Waals surface area (Å²) in [6.07, 6.45) is 0.290. The fraction of sp³-hybridized carbons (Fsp3) is 0.462. The van der Waals surface area contributed by atoms with Crippen LogP contribution in [-0.4, -0.2) is 29.2 Å². The van der Waals surface area contributed by atoms with Crippen LogP contribution in [0.5, 0.6) is 0 Å². The van der Waals surface area contributed by atoms with E-state index in [-0.39, 0.29) is 11.7 Å². The Morgan fingerprint density at radius 2 is 1.78 bits per heavy atom.